The maximum atomic E-state index is 13.0. The van der Waals surface area contributed by atoms with Crippen LogP contribution in [0.4, 0.5) is 10.1 Å². The zero-order valence-electron chi connectivity index (χ0n) is 24.0. The number of rotatable bonds is 10. The monoisotopic (exact) mass is 567 g/mol. The van der Waals surface area contributed by atoms with E-state index >= 15 is 0 Å². The molecule has 1 amide bonds. The zero-order valence-corrected chi connectivity index (χ0v) is 24.0. The number of pyridine rings is 1. The van der Waals surface area contributed by atoms with Gasteiger partial charge < -0.3 is 30.9 Å². The normalized spacial score (nSPS) is 15.1. The first-order chi connectivity index (χ1) is 19.6. The molecule has 0 aliphatic carbocycles. The van der Waals surface area contributed by atoms with E-state index in [4.69, 9.17) is 0 Å². The molecule has 1 saturated heterocycles. The summed E-state index contributed by atoms with van der Waals surface area (Å²) in [7, 11) is 0. The summed E-state index contributed by atoms with van der Waals surface area (Å²) in [5, 5.41) is 34.3. The summed E-state index contributed by atoms with van der Waals surface area (Å²) in [6.07, 6.45) is 3.41. The summed E-state index contributed by atoms with van der Waals surface area (Å²) in [4.78, 5) is 20.8. The third-order valence-corrected chi connectivity index (χ3v) is 6.77. The number of aromatic hydroxyl groups is 2. The molecule has 2 heterocycles. The quantitative estimate of drug-likeness (QED) is 0.252. The lowest BCUT2D eigenvalue weighted by atomic mass is 10.1. The number of aliphatic hydroxyl groups excluding tert-OH is 1. The Balaban J connectivity index is 0.000000263. The number of nitrogens with zero attached hydrogens (tertiary/aromatic N) is 3. The fraction of sp³-hybridized carbons (Fsp3) is 0.419. The molecule has 10 heteroatoms. The molecule has 1 aromatic heterocycles. The second-order valence-electron chi connectivity index (χ2n) is 10.6. The summed E-state index contributed by atoms with van der Waals surface area (Å²) >= 11 is 0. The first-order valence-corrected chi connectivity index (χ1v) is 14.0. The second-order valence-corrected chi connectivity index (χ2v) is 10.6. The Morgan fingerprint density at radius 1 is 1.00 bits per heavy atom. The molecule has 1 fully saturated rings. The molecule has 0 radical (unpaired) electrons. The van der Waals surface area contributed by atoms with Crippen LogP contribution in [0, 0.1) is 5.82 Å². The smallest absolute Gasteiger partial charge is 0.253 e. The minimum absolute atomic E-state index is 0.0476. The molecule has 0 spiro atoms. The molecule has 1 aliphatic rings. The Labute approximate surface area is 241 Å². The van der Waals surface area contributed by atoms with Gasteiger partial charge in [-0.2, -0.15) is 0 Å². The van der Waals surface area contributed by atoms with Crippen LogP contribution in [0.5, 0.6) is 11.5 Å². The molecule has 2 aromatic carbocycles. The molecule has 4 rings (SSSR count). The third kappa shape index (κ3) is 11.0. The van der Waals surface area contributed by atoms with E-state index in [1.54, 1.807) is 24.5 Å². The van der Waals surface area contributed by atoms with Crippen molar-refractivity contribution in [1.82, 2.24) is 20.5 Å². The molecule has 0 saturated carbocycles. The molecule has 5 N–H and O–H groups in total. The van der Waals surface area contributed by atoms with Crippen molar-refractivity contribution in [3.05, 3.63) is 83.9 Å². The fourth-order valence-electron chi connectivity index (χ4n) is 4.41. The number of aliphatic hydroxyl groups is 1. The van der Waals surface area contributed by atoms with Gasteiger partial charge in [0, 0.05) is 75.5 Å². The average molecular weight is 568 g/mol. The van der Waals surface area contributed by atoms with Crippen LogP contribution in [-0.4, -0.2) is 82.5 Å². The Hall–Kier alpha value is -3.73. The van der Waals surface area contributed by atoms with E-state index < -0.39 is 6.10 Å². The number of halogens is 1. The minimum atomic E-state index is -0.731. The van der Waals surface area contributed by atoms with Gasteiger partial charge in [0.25, 0.3) is 5.91 Å². The van der Waals surface area contributed by atoms with E-state index in [1.807, 2.05) is 32.9 Å². The second kappa shape index (κ2) is 15.9. The number of anilines is 1. The van der Waals surface area contributed by atoms with E-state index in [0.29, 0.717) is 17.7 Å². The largest absolute Gasteiger partial charge is 0.508 e. The Morgan fingerprint density at radius 3 is 2.24 bits per heavy atom. The summed E-state index contributed by atoms with van der Waals surface area (Å²) in [5.41, 5.74) is 2.16. The van der Waals surface area contributed by atoms with Gasteiger partial charge >= 0.3 is 0 Å². The molecule has 9 nitrogen and oxygen atoms in total. The summed E-state index contributed by atoms with van der Waals surface area (Å²) in [5.74, 6) is -0.372. The lowest BCUT2D eigenvalue weighted by Gasteiger charge is -2.36. The van der Waals surface area contributed by atoms with Crippen molar-refractivity contribution in [1.29, 1.82) is 0 Å². The number of phenolic OH excluding ortho intramolecular Hbond substituents is 2. The minimum Gasteiger partial charge on any atom is -0.508 e. The van der Waals surface area contributed by atoms with Gasteiger partial charge in [0.1, 0.15) is 17.3 Å². The number of carbonyl (C=O) groups excluding carboxylic acids is 1. The number of benzene rings is 2. The van der Waals surface area contributed by atoms with Gasteiger partial charge in [-0.3, -0.25) is 14.7 Å². The number of carbonyl (C=O) groups is 1. The van der Waals surface area contributed by atoms with Crippen molar-refractivity contribution in [2.45, 2.75) is 45.4 Å². The molecule has 2 unspecified atom stereocenters. The molecular weight excluding hydrogens is 525 g/mol. The molecule has 1 aliphatic heterocycles. The summed E-state index contributed by atoms with van der Waals surface area (Å²) in [6, 6.07) is 14.7. The molecule has 2 atom stereocenters. The van der Waals surface area contributed by atoms with Crippen LogP contribution in [0.2, 0.25) is 0 Å². The number of amides is 1. The van der Waals surface area contributed by atoms with Crippen molar-refractivity contribution in [2.75, 3.05) is 44.2 Å². The maximum absolute atomic E-state index is 13.0. The lowest BCUT2D eigenvalue weighted by Crippen LogP contribution is -2.47. The van der Waals surface area contributed by atoms with Crippen molar-refractivity contribution < 1.29 is 24.5 Å². The van der Waals surface area contributed by atoms with Gasteiger partial charge in [0.05, 0.1) is 11.7 Å². The van der Waals surface area contributed by atoms with Crippen LogP contribution in [0.3, 0.4) is 0 Å². The SMILES string of the molecule is CC(C)NCC(O)c1cc(O)cc(O)c1.CC(CCN1CCN(c2ccc(F)cc2)CC1)NC(=O)c1cccnc1. The van der Waals surface area contributed by atoms with Gasteiger partial charge in [-0.15, -0.1) is 0 Å². The zero-order chi connectivity index (χ0) is 29.8. The Morgan fingerprint density at radius 2 is 1.66 bits per heavy atom. The number of hydrogen-bond donors (Lipinski definition) is 5. The highest BCUT2D eigenvalue weighted by atomic mass is 19.1. The van der Waals surface area contributed by atoms with Crippen LogP contribution in [0.15, 0.2) is 67.0 Å². The highest BCUT2D eigenvalue weighted by Gasteiger charge is 2.18. The predicted octanol–water partition coefficient (Wildman–Crippen LogP) is 3.68. The number of phenols is 2. The van der Waals surface area contributed by atoms with Gasteiger partial charge in [-0.05, 0) is 67.4 Å². The molecule has 0 bridgehead atoms. The van der Waals surface area contributed by atoms with E-state index in [-0.39, 0.29) is 35.3 Å². The first kappa shape index (κ1) is 31.8. The standard InChI is InChI=1S/C20H25FN4O.C11H17NO3/c1-16(23-20(26)17-3-2-9-22-15-17)8-10-24-11-13-25(14-12-24)19-6-4-18(21)5-7-19;1-7(2)12-6-11(15)8-3-9(13)5-10(14)4-8/h2-7,9,15-16H,8,10-14H2,1H3,(H,23,26);3-5,7,11-15H,6H2,1-2H3. The highest BCUT2D eigenvalue weighted by Crippen LogP contribution is 2.24. The first-order valence-electron chi connectivity index (χ1n) is 14.0. The predicted molar refractivity (Wildman–Crippen MR) is 159 cm³/mol. The number of hydrogen-bond acceptors (Lipinski definition) is 8. The fourth-order valence-corrected chi connectivity index (χ4v) is 4.41. The number of aromatic nitrogens is 1. The van der Waals surface area contributed by atoms with E-state index in [2.05, 4.69) is 25.4 Å². The van der Waals surface area contributed by atoms with Gasteiger partial charge in [0.2, 0.25) is 0 Å². The Kier molecular flexibility index (Phi) is 12.3. The van der Waals surface area contributed by atoms with E-state index in [1.165, 1.54) is 30.3 Å². The van der Waals surface area contributed by atoms with Crippen molar-refractivity contribution in [3.63, 3.8) is 0 Å². The van der Waals surface area contributed by atoms with Gasteiger partial charge in [0.15, 0.2) is 0 Å². The molecule has 222 valence electrons. The number of nitrogens with one attached hydrogen (secondary N) is 2. The van der Waals surface area contributed by atoms with Crippen LogP contribution in [-0.2, 0) is 0 Å². The molecule has 41 heavy (non-hydrogen) atoms. The highest BCUT2D eigenvalue weighted by molar-refractivity contribution is 5.93. The van der Waals surface area contributed by atoms with Crippen molar-refractivity contribution in [2.24, 2.45) is 0 Å². The van der Waals surface area contributed by atoms with Crippen molar-refractivity contribution in [3.8, 4) is 11.5 Å². The maximum Gasteiger partial charge on any atom is 0.253 e. The van der Waals surface area contributed by atoms with Crippen LogP contribution in [0.25, 0.3) is 0 Å². The van der Waals surface area contributed by atoms with Gasteiger partial charge in [-0.25, -0.2) is 4.39 Å². The summed E-state index contributed by atoms with van der Waals surface area (Å²) in [6.45, 7) is 11.1. The Bertz CT molecular complexity index is 1180. The topological polar surface area (TPSA) is 121 Å². The average Bonchev–Trinajstić information content (AvgIpc) is 2.96. The van der Waals surface area contributed by atoms with Crippen LogP contribution < -0.4 is 15.5 Å². The van der Waals surface area contributed by atoms with Crippen LogP contribution in [0.1, 0.15) is 49.2 Å². The summed E-state index contributed by atoms with van der Waals surface area (Å²) < 4.78 is 13.0. The lowest BCUT2D eigenvalue weighted by molar-refractivity contribution is 0.0934. The molecular formula is C31H42FN5O4. The molecule has 3 aromatic rings. The van der Waals surface area contributed by atoms with Crippen LogP contribution >= 0.6 is 0 Å². The third-order valence-electron chi connectivity index (χ3n) is 6.77. The number of piperazine rings is 1. The van der Waals surface area contributed by atoms with Gasteiger partial charge in [-0.1, -0.05) is 13.8 Å². The van der Waals surface area contributed by atoms with E-state index in [0.717, 1.165) is 44.8 Å². The van der Waals surface area contributed by atoms with Crippen molar-refractivity contribution >= 4 is 11.6 Å². The van der Waals surface area contributed by atoms with E-state index in [9.17, 15) is 24.5 Å².